The van der Waals surface area contributed by atoms with E-state index in [1.807, 2.05) is 30.3 Å². The summed E-state index contributed by atoms with van der Waals surface area (Å²) in [4.78, 5) is 11.9. The van der Waals surface area contributed by atoms with Crippen LogP contribution in [-0.2, 0) is 4.79 Å². The molecule has 1 N–H and O–H groups in total. The zero-order valence-corrected chi connectivity index (χ0v) is 12.1. The van der Waals surface area contributed by atoms with Gasteiger partial charge in [0.2, 0.25) is 5.91 Å². The maximum absolute atomic E-state index is 11.9. The monoisotopic (exact) mass is 275 g/mol. The van der Waals surface area contributed by atoms with Crippen molar-refractivity contribution in [2.75, 3.05) is 6.61 Å². The fourth-order valence-electron chi connectivity index (χ4n) is 2.68. The largest absolute Gasteiger partial charge is 0.493 e. The van der Waals surface area contributed by atoms with Gasteiger partial charge in [0.1, 0.15) is 5.75 Å². The van der Waals surface area contributed by atoms with E-state index in [-0.39, 0.29) is 5.91 Å². The molecule has 1 amide bonds. The normalized spacial score (nSPS) is 17.0. The van der Waals surface area contributed by atoms with Crippen LogP contribution in [0.1, 0.15) is 51.4 Å². The van der Waals surface area contributed by atoms with E-state index >= 15 is 0 Å². The number of amides is 1. The molecular weight excluding hydrogens is 250 g/mol. The molecule has 1 aromatic carbocycles. The maximum Gasteiger partial charge on any atom is 0.223 e. The van der Waals surface area contributed by atoms with E-state index in [1.54, 1.807) is 0 Å². The summed E-state index contributed by atoms with van der Waals surface area (Å²) in [5.41, 5.74) is 0. The molecule has 0 heterocycles. The van der Waals surface area contributed by atoms with Gasteiger partial charge >= 0.3 is 0 Å². The molecule has 20 heavy (non-hydrogen) atoms. The number of para-hydroxylation sites is 1. The Hall–Kier alpha value is -1.51. The van der Waals surface area contributed by atoms with Crippen LogP contribution in [0.3, 0.4) is 0 Å². The highest BCUT2D eigenvalue weighted by molar-refractivity contribution is 5.76. The van der Waals surface area contributed by atoms with Gasteiger partial charge in [-0.2, -0.15) is 0 Å². The van der Waals surface area contributed by atoms with Crippen molar-refractivity contribution in [1.82, 2.24) is 5.32 Å². The standard InChI is InChI=1S/C17H25NO2/c19-17(13-14-20-16-11-7-4-8-12-16)18-15-9-5-2-1-3-6-10-15/h4,7-8,11-12,15H,1-3,5-6,9-10,13-14H2,(H,18,19). The summed E-state index contributed by atoms with van der Waals surface area (Å²) in [6.07, 6.45) is 9.15. The highest BCUT2D eigenvalue weighted by Gasteiger charge is 2.13. The van der Waals surface area contributed by atoms with Crippen LogP contribution in [0.2, 0.25) is 0 Å². The van der Waals surface area contributed by atoms with Crippen molar-refractivity contribution in [1.29, 1.82) is 0 Å². The molecule has 1 aliphatic rings. The van der Waals surface area contributed by atoms with Crippen molar-refractivity contribution in [3.63, 3.8) is 0 Å². The second-order valence-corrected chi connectivity index (χ2v) is 5.52. The summed E-state index contributed by atoms with van der Waals surface area (Å²) in [7, 11) is 0. The van der Waals surface area contributed by atoms with E-state index in [1.165, 1.54) is 32.1 Å². The third-order valence-electron chi connectivity index (χ3n) is 3.81. The Bertz CT molecular complexity index is 383. The van der Waals surface area contributed by atoms with E-state index in [0.717, 1.165) is 18.6 Å². The van der Waals surface area contributed by atoms with Gasteiger partial charge in [0.05, 0.1) is 13.0 Å². The third-order valence-corrected chi connectivity index (χ3v) is 3.81. The molecule has 0 atom stereocenters. The zero-order chi connectivity index (χ0) is 14.0. The molecule has 0 saturated heterocycles. The number of nitrogens with one attached hydrogen (secondary N) is 1. The maximum atomic E-state index is 11.9. The van der Waals surface area contributed by atoms with E-state index in [2.05, 4.69) is 5.32 Å². The zero-order valence-electron chi connectivity index (χ0n) is 12.1. The van der Waals surface area contributed by atoms with Crippen molar-refractivity contribution in [3.05, 3.63) is 30.3 Å². The van der Waals surface area contributed by atoms with Crippen molar-refractivity contribution < 1.29 is 9.53 Å². The molecule has 0 spiro atoms. The lowest BCUT2D eigenvalue weighted by Crippen LogP contribution is -2.35. The molecule has 2 rings (SSSR count). The molecule has 1 aromatic rings. The topological polar surface area (TPSA) is 38.3 Å². The van der Waals surface area contributed by atoms with E-state index in [9.17, 15) is 4.79 Å². The first-order valence-electron chi connectivity index (χ1n) is 7.82. The van der Waals surface area contributed by atoms with Crippen molar-refractivity contribution in [2.24, 2.45) is 0 Å². The molecule has 0 aliphatic heterocycles. The lowest BCUT2D eigenvalue weighted by Gasteiger charge is -2.21. The number of benzene rings is 1. The van der Waals surface area contributed by atoms with Gasteiger partial charge in [0.25, 0.3) is 0 Å². The van der Waals surface area contributed by atoms with E-state index in [0.29, 0.717) is 19.1 Å². The summed E-state index contributed by atoms with van der Waals surface area (Å²) < 4.78 is 5.55. The Morgan fingerprint density at radius 2 is 1.70 bits per heavy atom. The number of ether oxygens (including phenoxy) is 1. The average molecular weight is 275 g/mol. The quantitative estimate of drug-likeness (QED) is 0.890. The highest BCUT2D eigenvalue weighted by atomic mass is 16.5. The lowest BCUT2D eigenvalue weighted by molar-refractivity contribution is -0.122. The van der Waals surface area contributed by atoms with E-state index in [4.69, 9.17) is 4.74 Å². The predicted octanol–water partition coefficient (Wildman–Crippen LogP) is 3.68. The third kappa shape index (κ3) is 5.64. The van der Waals surface area contributed by atoms with Gasteiger partial charge in [-0.05, 0) is 25.0 Å². The number of hydrogen-bond acceptors (Lipinski definition) is 2. The van der Waals surface area contributed by atoms with Gasteiger partial charge in [-0.25, -0.2) is 0 Å². The summed E-state index contributed by atoms with van der Waals surface area (Å²) in [5, 5.41) is 3.15. The molecule has 0 radical (unpaired) electrons. The average Bonchev–Trinajstić information content (AvgIpc) is 2.43. The van der Waals surface area contributed by atoms with Crippen molar-refractivity contribution in [3.8, 4) is 5.75 Å². The van der Waals surface area contributed by atoms with Gasteiger partial charge < -0.3 is 10.1 Å². The Balaban J connectivity index is 1.64. The van der Waals surface area contributed by atoms with Crippen LogP contribution in [0, 0.1) is 0 Å². The SMILES string of the molecule is O=C(CCOc1ccccc1)NC1CCCCCCC1. The van der Waals surface area contributed by atoms with Crippen LogP contribution in [-0.4, -0.2) is 18.6 Å². The first-order chi connectivity index (χ1) is 9.84. The summed E-state index contributed by atoms with van der Waals surface area (Å²) in [5.74, 6) is 0.942. The highest BCUT2D eigenvalue weighted by Crippen LogP contribution is 2.17. The molecule has 3 heteroatoms. The summed E-state index contributed by atoms with van der Waals surface area (Å²) in [6.45, 7) is 0.447. The number of carbonyl (C=O) groups excluding carboxylic acids is 1. The van der Waals surface area contributed by atoms with Crippen LogP contribution in [0.5, 0.6) is 5.75 Å². The van der Waals surface area contributed by atoms with Gasteiger partial charge in [-0.15, -0.1) is 0 Å². The summed E-state index contributed by atoms with van der Waals surface area (Å²) >= 11 is 0. The van der Waals surface area contributed by atoms with Crippen molar-refractivity contribution >= 4 is 5.91 Å². The molecular formula is C17H25NO2. The number of carbonyl (C=O) groups is 1. The first-order valence-corrected chi connectivity index (χ1v) is 7.82. The van der Waals surface area contributed by atoms with Gasteiger partial charge in [-0.3, -0.25) is 4.79 Å². The van der Waals surface area contributed by atoms with Crippen LogP contribution in [0.4, 0.5) is 0 Å². The summed E-state index contributed by atoms with van der Waals surface area (Å²) in [6, 6.07) is 10.0. The molecule has 0 aromatic heterocycles. The predicted molar refractivity (Wildman–Crippen MR) is 80.8 cm³/mol. The fourth-order valence-corrected chi connectivity index (χ4v) is 2.68. The number of hydrogen-bond donors (Lipinski definition) is 1. The van der Waals surface area contributed by atoms with Gasteiger partial charge in [0, 0.05) is 6.04 Å². The van der Waals surface area contributed by atoms with Crippen LogP contribution >= 0.6 is 0 Å². The van der Waals surface area contributed by atoms with E-state index < -0.39 is 0 Å². The Labute approximate surface area is 121 Å². The lowest BCUT2D eigenvalue weighted by atomic mass is 9.96. The Kier molecular flexibility index (Phi) is 6.42. The van der Waals surface area contributed by atoms with Crippen LogP contribution < -0.4 is 10.1 Å². The Morgan fingerprint density at radius 3 is 2.40 bits per heavy atom. The van der Waals surface area contributed by atoms with Gasteiger partial charge in [0.15, 0.2) is 0 Å². The molecule has 1 aliphatic carbocycles. The van der Waals surface area contributed by atoms with Crippen molar-refractivity contribution in [2.45, 2.75) is 57.4 Å². The second-order valence-electron chi connectivity index (χ2n) is 5.52. The molecule has 0 unspecified atom stereocenters. The minimum Gasteiger partial charge on any atom is -0.493 e. The first kappa shape index (κ1) is 14.9. The molecule has 1 fully saturated rings. The molecule has 110 valence electrons. The van der Waals surface area contributed by atoms with Gasteiger partial charge in [-0.1, -0.05) is 50.3 Å². The molecule has 0 bridgehead atoms. The second kappa shape index (κ2) is 8.62. The van der Waals surface area contributed by atoms with Crippen LogP contribution in [0.25, 0.3) is 0 Å². The molecule has 3 nitrogen and oxygen atoms in total. The molecule has 1 saturated carbocycles. The fraction of sp³-hybridized carbons (Fsp3) is 0.588. The minimum atomic E-state index is 0.117. The minimum absolute atomic E-state index is 0.117. The number of rotatable bonds is 5. The smallest absolute Gasteiger partial charge is 0.223 e. The Morgan fingerprint density at radius 1 is 1.05 bits per heavy atom. The van der Waals surface area contributed by atoms with Crippen LogP contribution in [0.15, 0.2) is 30.3 Å².